The van der Waals surface area contributed by atoms with Crippen molar-refractivity contribution in [3.05, 3.63) is 106 Å². The van der Waals surface area contributed by atoms with Crippen molar-refractivity contribution in [1.29, 1.82) is 0 Å². The summed E-state index contributed by atoms with van der Waals surface area (Å²) < 4.78 is 6.03. The Morgan fingerprint density at radius 1 is 1.12 bits per heavy atom. The minimum absolute atomic E-state index is 0.156. The summed E-state index contributed by atoms with van der Waals surface area (Å²) >= 11 is 13.4. The van der Waals surface area contributed by atoms with Gasteiger partial charge >= 0.3 is 0 Å². The Morgan fingerprint density at radius 2 is 1.91 bits per heavy atom. The third kappa shape index (κ3) is 5.66. The molecule has 2 aromatic carbocycles. The van der Waals surface area contributed by atoms with Crippen LogP contribution in [0, 0.1) is 0 Å². The van der Waals surface area contributed by atoms with Gasteiger partial charge in [-0.1, -0.05) is 59.6 Å². The molecular weight excluding hydrogens is 477 g/mol. The molecule has 8 heteroatoms. The van der Waals surface area contributed by atoms with E-state index in [-0.39, 0.29) is 5.91 Å². The van der Waals surface area contributed by atoms with Gasteiger partial charge in [0, 0.05) is 29.5 Å². The number of benzene rings is 2. The van der Waals surface area contributed by atoms with Crippen LogP contribution in [0.1, 0.15) is 11.1 Å². The number of hydrogen-bond donors (Lipinski definition) is 0. The molecule has 2 heterocycles. The van der Waals surface area contributed by atoms with Crippen molar-refractivity contribution in [1.82, 2.24) is 9.88 Å². The van der Waals surface area contributed by atoms with E-state index in [9.17, 15) is 4.79 Å². The molecule has 0 atom stereocenters. The molecular formula is C25H19Cl2N3O2S. The molecule has 0 radical (unpaired) electrons. The van der Waals surface area contributed by atoms with Gasteiger partial charge in [-0.25, -0.2) is 4.99 Å². The Morgan fingerprint density at radius 3 is 2.67 bits per heavy atom. The average molecular weight is 496 g/mol. The molecule has 0 unspecified atom stereocenters. The summed E-state index contributed by atoms with van der Waals surface area (Å²) in [6.45, 7) is 4.47. The number of carbonyl (C=O) groups excluding carboxylic acids is 1. The van der Waals surface area contributed by atoms with Crippen molar-refractivity contribution < 1.29 is 9.53 Å². The number of nitrogens with zero attached hydrogens (tertiary/aromatic N) is 3. The van der Waals surface area contributed by atoms with Crippen LogP contribution in [0.25, 0.3) is 6.08 Å². The van der Waals surface area contributed by atoms with E-state index >= 15 is 0 Å². The van der Waals surface area contributed by atoms with Crippen LogP contribution in [-0.4, -0.2) is 27.5 Å². The summed E-state index contributed by atoms with van der Waals surface area (Å²) in [7, 11) is 0. The third-order valence-corrected chi connectivity index (χ3v) is 6.23. The predicted octanol–water partition coefficient (Wildman–Crippen LogP) is 6.76. The van der Waals surface area contributed by atoms with E-state index in [0.717, 1.165) is 11.1 Å². The highest BCUT2D eigenvalue weighted by atomic mass is 35.5. The first-order valence-corrected chi connectivity index (χ1v) is 11.6. The SMILES string of the molecule is C=CCN1C(=O)/C(=C/c2ccccc2OCc2ccc(Cl)cc2)SC1=Nc1ccncc1Cl. The van der Waals surface area contributed by atoms with Crippen molar-refractivity contribution in [2.75, 3.05) is 6.54 Å². The summed E-state index contributed by atoms with van der Waals surface area (Å²) in [5, 5.41) is 1.61. The molecule has 0 bridgehead atoms. The van der Waals surface area contributed by atoms with Gasteiger partial charge in [0.15, 0.2) is 5.17 Å². The Labute approximate surface area is 206 Å². The van der Waals surface area contributed by atoms with Gasteiger partial charge in [0.25, 0.3) is 5.91 Å². The maximum absolute atomic E-state index is 13.1. The first-order valence-electron chi connectivity index (χ1n) is 10.0. The number of pyridine rings is 1. The number of amides is 1. The predicted molar refractivity (Wildman–Crippen MR) is 136 cm³/mol. The molecule has 1 amide bonds. The smallest absolute Gasteiger partial charge is 0.267 e. The maximum atomic E-state index is 13.1. The van der Waals surface area contributed by atoms with E-state index < -0.39 is 0 Å². The van der Waals surface area contributed by atoms with Gasteiger partial charge in [0.1, 0.15) is 12.4 Å². The first-order chi connectivity index (χ1) is 16.0. The zero-order valence-electron chi connectivity index (χ0n) is 17.4. The monoisotopic (exact) mass is 495 g/mol. The van der Waals surface area contributed by atoms with Crippen LogP contribution in [0.3, 0.4) is 0 Å². The lowest BCUT2D eigenvalue weighted by Gasteiger charge is -2.12. The standard InChI is InChI=1S/C25H19Cl2N3O2S/c1-2-13-30-24(31)23(33-25(30)29-21-11-12-28-15-20(21)27)14-18-5-3-4-6-22(18)32-16-17-7-9-19(26)10-8-17/h2-12,14-15H,1,13,16H2/b23-14-,29-25?. The Balaban J connectivity index is 1.61. The van der Waals surface area contributed by atoms with Gasteiger partial charge in [-0.05, 0) is 47.7 Å². The number of amidine groups is 1. The summed E-state index contributed by atoms with van der Waals surface area (Å²) in [5.74, 6) is 0.516. The fraction of sp³-hybridized carbons (Fsp3) is 0.0800. The highest BCUT2D eigenvalue weighted by molar-refractivity contribution is 8.18. The van der Waals surface area contributed by atoms with Crippen molar-refractivity contribution >= 4 is 57.8 Å². The molecule has 0 aliphatic carbocycles. The largest absolute Gasteiger partial charge is 0.488 e. The minimum Gasteiger partial charge on any atom is -0.488 e. The van der Waals surface area contributed by atoms with Crippen LogP contribution < -0.4 is 4.74 Å². The van der Waals surface area contributed by atoms with Gasteiger partial charge in [-0.3, -0.25) is 14.7 Å². The maximum Gasteiger partial charge on any atom is 0.267 e. The molecule has 1 saturated heterocycles. The van der Waals surface area contributed by atoms with E-state index in [2.05, 4.69) is 16.6 Å². The fourth-order valence-corrected chi connectivity index (χ4v) is 4.34. The molecule has 3 aromatic rings. The summed E-state index contributed by atoms with van der Waals surface area (Å²) in [6.07, 6.45) is 6.60. The van der Waals surface area contributed by atoms with Gasteiger partial charge in [0.05, 0.1) is 15.6 Å². The second kappa shape index (κ2) is 10.7. The molecule has 1 aromatic heterocycles. The van der Waals surface area contributed by atoms with Crippen LogP contribution in [0.15, 0.2) is 89.5 Å². The molecule has 1 aliphatic heterocycles. The van der Waals surface area contributed by atoms with Gasteiger partial charge in [-0.2, -0.15) is 0 Å². The number of aromatic nitrogens is 1. The van der Waals surface area contributed by atoms with Crippen molar-refractivity contribution in [2.24, 2.45) is 4.99 Å². The Hall–Kier alpha value is -3.06. The van der Waals surface area contributed by atoms with Crippen LogP contribution in [0.4, 0.5) is 5.69 Å². The lowest BCUT2D eigenvalue weighted by atomic mass is 10.1. The average Bonchev–Trinajstić information content (AvgIpc) is 3.10. The van der Waals surface area contributed by atoms with Crippen LogP contribution in [0.2, 0.25) is 10.0 Å². The second-order valence-electron chi connectivity index (χ2n) is 6.99. The molecule has 166 valence electrons. The number of rotatable bonds is 7. The van der Waals surface area contributed by atoms with Crippen molar-refractivity contribution in [3.63, 3.8) is 0 Å². The van der Waals surface area contributed by atoms with Crippen LogP contribution in [0.5, 0.6) is 5.75 Å². The first kappa shape index (κ1) is 23.1. The number of hydrogen-bond acceptors (Lipinski definition) is 5. The topological polar surface area (TPSA) is 54.8 Å². The molecule has 0 saturated carbocycles. The highest BCUT2D eigenvalue weighted by Crippen LogP contribution is 2.36. The normalized spacial score (nSPS) is 15.9. The molecule has 1 fully saturated rings. The molecule has 0 spiro atoms. The molecule has 4 rings (SSSR count). The number of ether oxygens (including phenoxy) is 1. The molecule has 1 aliphatic rings. The van der Waals surface area contributed by atoms with E-state index in [1.54, 1.807) is 23.2 Å². The van der Waals surface area contributed by atoms with E-state index in [1.165, 1.54) is 18.0 Å². The van der Waals surface area contributed by atoms with E-state index in [0.29, 0.717) is 44.7 Å². The number of aliphatic imine (C=N–C) groups is 1. The summed E-state index contributed by atoms with van der Waals surface area (Å²) in [6, 6.07) is 16.8. The Kier molecular flexibility index (Phi) is 7.50. The lowest BCUT2D eigenvalue weighted by molar-refractivity contribution is -0.121. The van der Waals surface area contributed by atoms with E-state index in [1.807, 2.05) is 54.6 Å². The van der Waals surface area contributed by atoms with Crippen LogP contribution >= 0.6 is 35.0 Å². The number of carbonyl (C=O) groups is 1. The van der Waals surface area contributed by atoms with E-state index in [4.69, 9.17) is 27.9 Å². The lowest BCUT2D eigenvalue weighted by Crippen LogP contribution is -2.29. The summed E-state index contributed by atoms with van der Waals surface area (Å²) in [4.78, 5) is 23.8. The zero-order valence-corrected chi connectivity index (χ0v) is 19.8. The fourth-order valence-electron chi connectivity index (χ4n) is 3.06. The molecule has 0 N–H and O–H groups in total. The second-order valence-corrected chi connectivity index (χ2v) is 8.84. The van der Waals surface area contributed by atoms with Crippen LogP contribution in [-0.2, 0) is 11.4 Å². The highest BCUT2D eigenvalue weighted by Gasteiger charge is 2.33. The Bertz CT molecular complexity index is 1240. The van der Waals surface area contributed by atoms with Crippen molar-refractivity contribution in [2.45, 2.75) is 6.61 Å². The van der Waals surface area contributed by atoms with Gasteiger partial charge < -0.3 is 4.74 Å². The third-order valence-electron chi connectivity index (χ3n) is 4.68. The number of para-hydroxylation sites is 1. The zero-order chi connectivity index (χ0) is 23.2. The molecule has 33 heavy (non-hydrogen) atoms. The van der Waals surface area contributed by atoms with Gasteiger partial charge in [0.2, 0.25) is 0 Å². The summed E-state index contributed by atoms with van der Waals surface area (Å²) in [5.41, 5.74) is 2.34. The van der Waals surface area contributed by atoms with Crippen molar-refractivity contribution in [3.8, 4) is 5.75 Å². The molecule has 5 nitrogen and oxygen atoms in total. The number of halogens is 2. The van der Waals surface area contributed by atoms with Gasteiger partial charge in [-0.15, -0.1) is 6.58 Å². The quantitative estimate of drug-likeness (QED) is 0.268. The minimum atomic E-state index is -0.156. The number of thioether (sulfide) groups is 1.